The molecular formula is C17H20ClN3O4. The highest BCUT2D eigenvalue weighted by molar-refractivity contribution is 6.31. The van der Waals surface area contributed by atoms with Crippen molar-refractivity contribution in [1.82, 2.24) is 14.0 Å². The molecule has 1 aliphatic heterocycles. The molecule has 1 aromatic carbocycles. The van der Waals surface area contributed by atoms with Crippen LogP contribution in [0.5, 0.6) is 0 Å². The highest BCUT2D eigenvalue weighted by Crippen LogP contribution is 2.20. The number of rotatable bonds is 3. The van der Waals surface area contributed by atoms with E-state index in [4.69, 9.17) is 16.3 Å². The number of carbonyl (C=O) groups is 1. The second-order valence-corrected chi connectivity index (χ2v) is 6.41. The largest absolute Gasteiger partial charge is 0.378 e. The number of fused-ring (bicyclic) bond motifs is 1. The van der Waals surface area contributed by atoms with Crippen LogP contribution in [0.2, 0.25) is 5.02 Å². The number of morpholine rings is 1. The van der Waals surface area contributed by atoms with Crippen LogP contribution in [0, 0.1) is 0 Å². The maximum atomic E-state index is 12.9. The molecule has 0 N–H and O–H groups in total. The zero-order valence-electron chi connectivity index (χ0n) is 14.2. The van der Waals surface area contributed by atoms with Crippen LogP contribution < -0.4 is 11.2 Å². The summed E-state index contributed by atoms with van der Waals surface area (Å²) in [4.78, 5) is 39.9. The molecule has 7 nitrogen and oxygen atoms in total. The van der Waals surface area contributed by atoms with Crippen LogP contribution in [0.25, 0.3) is 10.9 Å². The van der Waals surface area contributed by atoms with E-state index in [1.807, 2.05) is 0 Å². The van der Waals surface area contributed by atoms with Gasteiger partial charge in [-0.25, -0.2) is 4.79 Å². The first kappa shape index (κ1) is 17.7. The minimum Gasteiger partial charge on any atom is -0.378 e. The van der Waals surface area contributed by atoms with Crippen molar-refractivity contribution in [3.63, 3.8) is 0 Å². The van der Waals surface area contributed by atoms with E-state index >= 15 is 0 Å². The number of benzene rings is 1. The molecule has 2 aromatic rings. The lowest BCUT2D eigenvalue weighted by Gasteiger charge is -2.30. The van der Waals surface area contributed by atoms with E-state index < -0.39 is 11.7 Å². The Labute approximate surface area is 149 Å². The molecule has 8 heteroatoms. The smallest absolute Gasteiger partial charge is 0.332 e. The zero-order valence-corrected chi connectivity index (χ0v) is 15.0. The van der Waals surface area contributed by atoms with Crippen LogP contribution in [0.1, 0.15) is 19.9 Å². The Morgan fingerprint density at radius 2 is 1.96 bits per heavy atom. The molecule has 3 rings (SSSR count). The van der Waals surface area contributed by atoms with Gasteiger partial charge >= 0.3 is 5.69 Å². The molecule has 0 radical (unpaired) electrons. The van der Waals surface area contributed by atoms with E-state index in [2.05, 4.69) is 0 Å². The van der Waals surface area contributed by atoms with E-state index in [9.17, 15) is 14.4 Å². The standard InChI is InChI=1S/C17H20ClN3O4/c1-3-20-16(23)13-5-4-12(18)10-14(13)21(17(20)24)11(2)15(22)19-6-8-25-9-7-19/h4-5,10-11H,3,6-9H2,1-2H3/t11-/m1/s1. The summed E-state index contributed by atoms with van der Waals surface area (Å²) >= 11 is 6.07. The first-order valence-corrected chi connectivity index (χ1v) is 8.64. The summed E-state index contributed by atoms with van der Waals surface area (Å²) in [6.07, 6.45) is 0. The van der Waals surface area contributed by atoms with Crippen molar-refractivity contribution >= 4 is 28.4 Å². The molecule has 1 aliphatic rings. The molecule has 1 aromatic heterocycles. The normalized spacial score (nSPS) is 16.2. The molecule has 0 saturated carbocycles. The highest BCUT2D eigenvalue weighted by atomic mass is 35.5. The molecule has 2 heterocycles. The van der Waals surface area contributed by atoms with Gasteiger partial charge < -0.3 is 9.64 Å². The number of ether oxygens (including phenoxy) is 1. The topological polar surface area (TPSA) is 73.5 Å². The van der Waals surface area contributed by atoms with Crippen LogP contribution in [0.4, 0.5) is 0 Å². The van der Waals surface area contributed by atoms with Crippen molar-refractivity contribution in [2.45, 2.75) is 26.4 Å². The summed E-state index contributed by atoms with van der Waals surface area (Å²) in [6, 6.07) is 4.01. The summed E-state index contributed by atoms with van der Waals surface area (Å²) in [6.45, 7) is 5.57. The Bertz CT molecular complexity index is 928. The number of nitrogens with zero attached hydrogens (tertiary/aromatic N) is 3. The van der Waals surface area contributed by atoms with Crippen molar-refractivity contribution in [2.24, 2.45) is 0 Å². The second kappa shape index (κ2) is 7.01. The van der Waals surface area contributed by atoms with Gasteiger partial charge in [-0.3, -0.25) is 18.7 Å². The summed E-state index contributed by atoms with van der Waals surface area (Å²) in [5.74, 6) is -0.173. The summed E-state index contributed by atoms with van der Waals surface area (Å²) in [5, 5.41) is 0.771. The Hall–Kier alpha value is -2.12. The van der Waals surface area contributed by atoms with E-state index in [0.29, 0.717) is 42.2 Å². The van der Waals surface area contributed by atoms with E-state index in [1.54, 1.807) is 36.9 Å². The molecule has 1 atom stereocenters. The number of halogens is 1. The fourth-order valence-corrected chi connectivity index (χ4v) is 3.33. The quantitative estimate of drug-likeness (QED) is 0.820. The van der Waals surface area contributed by atoms with Crippen molar-refractivity contribution in [1.29, 1.82) is 0 Å². The van der Waals surface area contributed by atoms with E-state index in [-0.39, 0.29) is 18.0 Å². The zero-order chi connectivity index (χ0) is 18.1. The lowest BCUT2D eigenvalue weighted by atomic mass is 10.2. The van der Waals surface area contributed by atoms with Crippen LogP contribution in [-0.4, -0.2) is 46.2 Å². The Morgan fingerprint density at radius 1 is 1.28 bits per heavy atom. The van der Waals surface area contributed by atoms with Gasteiger partial charge in [-0.2, -0.15) is 0 Å². The number of hydrogen-bond acceptors (Lipinski definition) is 4. The average molecular weight is 366 g/mol. The number of hydrogen-bond donors (Lipinski definition) is 0. The molecule has 0 unspecified atom stereocenters. The molecule has 0 spiro atoms. The molecule has 1 saturated heterocycles. The lowest BCUT2D eigenvalue weighted by molar-refractivity contribution is -0.138. The predicted octanol–water partition coefficient (Wildman–Crippen LogP) is 1.26. The minimum absolute atomic E-state index is 0.173. The predicted molar refractivity (Wildman–Crippen MR) is 95.3 cm³/mol. The SMILES string of the molecule is CCn1c(=O)c2ccc(Cl)cc2n([C@H](C)C(=O)N2CCOCC2)c1=O. The van der Waals surface area contributed by atoms with Crippen LogP contribution in [0.3, 0.4) is 0 Å². The van der Waals surface area contributed by atoms with Crippen LogP contribution in [0.15, 0.2) is 27.8 Å². The number of aromatic nitrogens is 2. The molecule has 134 valence electrons. The van der Waals surface area contributed by atoms with Crippen LogP contribution in [-0.2, 0) is 16.1 Å². The average Bonchev–Trinajstić information content (AvgIpc) is 2.62. The summed E-state index contributed by atoms with van der Waals surface area (Å²) in [5.41, 5.74) is -0.501. The van der Waals surface area contributed by atoms with Gasteiger partial charge in [0, 0.05) is 24.7 Å². The third kappa shape index (κ3) is 3.09. The molecule has 0 bridgehead atoms. The van der Waals surface area contributed by atoms with E-state index in [0.717, 1.165) is 4.57 Å². The third-order valence-corrected chi connectivity index (χ3v) is 4.75. The highest BCUT2D eigenvalue weighted by Gasteiger charge is 2.27. The van der Waals surface area contributed by atoms with Crippen molar-refractivity contribution < 1.29 is 9.53 Å². The summed E-state index contributed by atoms with van der Waals surface area (Å²) < 4.78 is 7.78. The first-order valence-electron chi connectivity index (χ1n) is 8.26. The molecule has 1 fully saturated rings. The first-order chi connectivity index (χ1) is 12.0. The number of amides is 1. The Kier molecular flexibility index (Phi) is 4.96. The van der Waals surface area contributed by atoms with Crippen molar-refractivity contribution in [3.05, 3.63) is 44.1 Å². The maximum Gasteiger partial charge on any atom is 0.332 e. The van der Waals surface area contributed by atoms with E-state index in [1.165, 1.54) is 4.57 Å². The van der Waals surface area contributed by atoms with Crippen molar-refractivity contribution in [2.75, 3.05) is 26.3 Å². The van der Waals surface area contributed by atoms with Gasteiger partial charge in [0.15, 0.2) is 0 Å². The van der Waals surface area contributed by atoms with Gasteiger partial charge in [0.05, 0.1) is 24.1 Å². The Balaban J connectivity index is 2.20. The van der Waals surface area contributed by atoms with Gasteiger partial charge in [-0.05, 0) is 32.0 Å². The fourth-order valence-electron chi connectivity index (χ4n) is 3.16. The number of carbonyl (C=O) groups excluding carboxylic acids is 1. The summed E-state index contributed by atoms with van der Waals surface area (Å²) in [7, 11) is 0. The van der Waals surface area contributed by atoms with Gasteiger partial charge in [0.1, 0.15) is 6.04 Å². The molecule has 1 amide bonds. The second-order valence-electron chi connectivity index (χ2n) is 5.98. The van der Waals surface area contributed by atoms with Gasteiger partial charge in [-0.1, -0.05) is 11.6 Å². The van der Waals surface area contributed by atoms with Gasteiger partial charge in [0.2, 0.25) is 5.91 Å². The van der Waals surface area contributed by atoms with Gasteiger partial charge in [-0.15, -0.1) is 0 Å². The maximum absolute atomic E-state index is 12.9. The molecular weight excluding hydrogens is 346 g/mol. The van der Waals surface area contributed by atoms with Crippen LogP contribution >= 0.6 is 11.6 Å². The molecule has 0 aliphatic carbocycles. The minimum atomic E-state index is -0.745. The van der Waals surface area contributed by atoms with Crippen molar-refractivity contribution in [3.8, 4) is 0 Å². The third-order valence-electron chi connectivity index (χ3n) is 4.52. The lowest BCUT2D eigenvalue weighted by Crippen LogP contribution is -2.47. The Morgan fingerprint density at radius 3 is 2.60 bits per heavy atom. The van der Waals surface area contributed by atoms with Gasteiger partial charge in [0.25, 0.3) is 5.56 Å². The monoisotopic (exact) mass is 365 g/mol. The molecule has 25 heavy (non-hydrogen) atoms. The fraction of sp³-hybridized carbons (Fsp3) is 0.471.